The third kappa shape index (κ3) is 6.64. The predicted molar refractivity (Wildman–Crippen MR) is 143 cm³/mol. The van der Waals surface area contributed by atoms with E-state index in [9.17, 15) is 27.9 Å². The Balaban J connectivity index is 1.66. The number of hydrogen-bond donors (Lipinski definition) is 3. The van der Waals surface area contributed by atoms with Crippen LogP contribution in [-0.2, 0) is 16.0 Å². The molecule has 4 rings (SSSR count). The third-order valence-corrected chi connectivity index (χ3v) is 7.12. The number of nitrogens with zero attached hydrogens (tertiary/aromatic N) is 3. The molecule has 13 heteroatoms. The number of hydrogen-bond acceptors (Lipinski definition) is 5. The minimum absolute atomic E-state index is 0.0243. The van der Waals surface area contributed by atoms with Gasteiger partial charge in [-0.25, -0.2) is 22.4 Å². The van der Waals surface area contributed by atoms with Crippen LogP contribution in [0.1, 0.15) is 42.9 Å². The van der Waals surface area contributed by atoms with Gasteiger partial charge in [-0.15, -0.1) is 0 Å². The van der Waals surface area contributed by atoms with Crippen LogP contribution in [0.5, 0.6) is 0 Å². The van der Waals surface area contributed by atoms with Crippen molar-refractivity contribution in [1.82, 2.24) is 9.81 Å². The van der Waals surface area contributed by atoms with E-state index >= 15 is 4.39 Å². The molecule has 0 bridgehead atoms. The summed E-state index contributed by atoms with van der Waals surface area (Å²) in [5.41, 5.74) is 6.61. The van der Waals surface area contributed by atoms with Gasteiger partial charge in [0.2, 0.25) is 11.0 Å². The maximum Gasteiger partial charge on any atom is 0.409 e. The van der Waals surface area contributed by atoms with Crippen LogP contribution in [0.2, 0.25) is 0 Å². The highest BCUT2D eigenvalue weighted by molar-refractivity contribution is 5.96. The zero-order valence-corrected chi connectivity index (χ0v) is 22.7. The number of halogens is 4. The molecule has 3 aromatic rings. The van der Waals surface area contributed by atoms with Gasteiger partial charge in [-0.05, 0) is 74.2 Å². The van der Waals surface area contributed by atoms with E-state index in [-0.39, 0.29) is 41.8 Å². The summed E-state index contributed by atoms with van der Waals surface area (Å²) in [4.78, 5) is 29.6. The first-order valence-electron chi connectivity index (χ1n) is 12.9. The summed E-state index contributed by atoms with van der Waals surface area (Å²) >= 11 is 0. The molecule has 1 unspecified atom stereocenters. The predicted octanol–water partition coefficient (Wildman–Crippen LogP) is 5.98. The summed E-state index contributed by atoms with van der Waals surface area (Å²) in [7, 11) is 0. The molecule has 0 saturated carbocycles. The lowest BCUT2D eigenvalue weighted by Crippen LogP contribution is -2.47. The van der Waals surface area contributed by atoms with Crippen molar-refractivity contribution in [3.05, 3.63) is 101 Å². The Kier molecular flexibility index (Phi) is 9.03. The highest BCUT2D eigenvalue weighted by Crippen LogP contribution is 2.34. The van der Waals surface area contributed by atoms with E-state index in [0.29, 0.717) is 6.07 Å². The summed E-state index contributed by atoms with van der Waals surface area (Å²) in [6.07, 6.45) is -0.984. The number of rotatable bonds is 9. The maximum absolute atomic E-state index is 15.0. The summed E-state index contributed by atoms with van der Waals surface area (Å²) in [5.74, 6) is -5.19. The zero-order chi connectivity index (χ0) is 30.6. The van der Waals surface area contributed by atoms with Crippen LogP contribution in [0, 0.1) is 28.8 Å². The Morgan fingerprint density at radius 2 is 1.74 bits per heavy atom. The van der Waals surface area contributed by atoms with E-state index in [0.717, 1.165) is 29.2 Å². The van der Waals surface area contributed by atoms with Gasteiger partial charge < -0.3 is 15.2 Å². The van der Waals surface area contributed by atoms with Crippen molar-refractivity contribution in [2.45, 2.75) is 50.4 Å². The van der Waals surface area contributed by atoms with Gasteiger partial charge in [-0.2, -0.15) is 0 Å². The molecule has 0 spiro atoms. The van der Waals surface area contributed by atoms with Crippen LogP contribution in [0.25, 0.3) is 0 Å². The first-order chi connectivity index (χ1) is 19.9. The summed E-state index contributed by atoms with van der Waals surface area (Å²) in [5, 5.41) is 16.0. The van der Waals surface area contributed by atoms with Crippen molar-refractivity contribution in [2.75, 3.05) is 11.9 Å². The van der Waals surface area contributed by atoms with Gasteiger partial charge in [0.05, 0.1) is 12.6 Å². The molecule has 3 aromatic carbocycles. The fourth-order valence-electron chi connectivity index (χ4n) is 5.24. The Morgan fingerprint density at radius 3 is 2.36 bits per heavy atom. The standard InChI is InChI=1S/C29H27F4N5O4/c1-29(2)38(28(40)41)21(15-42-29)10-11-22-23(33)4-3-5-24(22)35-27(39)26(36-37-34)25(16-6-8-18(30)9-7-16)17-12-19(31)14-20(32)13-17/h3-9,12-14,21,25-26,34H,10-11,15H2,1-2H3,(H-,35,39,40,41)/p+1/t21?,25-,26-/m0/s1. The number of amides is 2. The van der Waals surface area contributed by atoms with Gasteiger partial charge in [0, 0.05) is 23.2 Å². The molecule has 0 aromatic heterocycles. The highest BCUT2D eigenvalue weighted by Gasteiger charge is 2.44. The molecule has 220 valence electrons. The SMILES string of the molecule is CC1(C)OCC(CCc2c(F)cccc2NC(=O)[C@@H](N=[N+]=N)[C@@H](c2ccc(F)cc2)c2cc(F)cc(F)c2)N1C(=O)O. The normalized spacial score (nSPS) is 17.3. The fraction of sp³-hybridized carbons (Fsp3) is 0.310. The van der Waals surface area contributed by atoms with Gasteiger partial charge in [0.1, 0.15) is 39.6 Å². The maximum atomic E-state index is 15.0. The van der Waals surface area contributed by atoms with Crippen LogP contribution in [-0.4, -0.2) is 46.4 Å². The van der Waals surface area contributed by atoms with Gasteiger partial charge in [-0.1, -0.05) is 18.2 Å². The molecule has 1 aliphatic heterocycles. The van der Waals surface area contributed by atoms with E-state index < -0.39 is 59.0 Å². The first-order valence-corrected chi connectivity index (χ1v) is 12.9. The minimum atomic E-state index is -1.57. The van der Waals surface area contributed by atoms with Crippen molar-refractivity contribution in [2.24, 2.45) is 5.11 Å². The summed E-state index contributed by atoms with van der Waals surface area (Å²) in [6.45, 7) is 3.32. The molecule has 2 amide bonds. The lowest BCUT2D eigenvalue weighted by molar-refractivity contribution is -0.117. The van der Waals surface area contributed by atoms with Gasteiger partial charge in [0.15, 0.2) is 0 Å². The molecule has 1 aliphatic rings. The number of carbonyl (C=O) groups is 2. The van der Waals surface area contributed by atoms with Crippen LogP contribution in [0.4, 0.5) is 28.0 Å². The Morgan fingerprint density at radius 1 is 1.07 bits per heavy atom. The molecule has 0 radical (unpaired) electrons. The van der Waals surface area contributed by atoms with Crippen molar-refractivity contribution < 1.29 is 37.0 Å². The number of benzene rings is 3. The quantitative estimate of drug-likeness (QED) is 0.162. The largest absolute Gasteiger partial charge is 0.465 e. The van der Waals surface area contributed by atoms with Crippen LogP contribution in [0.15, 0.2) is 65.8 Å². The third-order valence-electron chi connectivity index (χ3n) is 7.12. The van der Waals surface area contributed by atoms with Crippen molar-refractivity contribution in [3.8, 4) is 0 Å². The van der Waals surface area contributed by atoms with Crippen LogP contribution in [0.3, 0.4) is 0 Å². The number of carbonyl (C=O) groups excluding carboxylic acids is 1. The minimum Gasteiger partial charge on any atom is -0.465 e. The molecular formula is C29H28F4N5O4+. The summed E-state index contributed by atoms with van der Waals surface area (Å²) in [6, 6.07) is 9.30. The number of anilines is 1. The second-order valence-electron chi connectivity index (χ2n) is 10.3. The van der Waals surface area contributed by atoms with E-state index in [1.807, 2.05) is 0 Å². The number of nitrogens with one attached hydrogen (secondary N) is 2. The van der Waals surface area contributed by atoms with E-state index in [1.165, 1.54) is 30.3 Å². The highest BCUT2D eigenvalue weighted by atomic mass is 19.1. The summed E-state index contributed by atoms with van der Waals surface area (Å²) < 4.78 is 62.8. The second kappa shape index (κ2) is 12.5. The fourth-order valence-corrected chi connectivity index (χ4v) is 5.24. The first kappa shape index (κ1) is 30.4. The molecule has 3 atom stereocenters. The van der Waals surface area contributed by atoms with Crippen molar-refractivity contribution in [3.63, 3.8) is 0 Å². The Labute approximate surface area is 238 Å². The average molecular weight is 587 g/mol. The molecular weight excluding hydrogens is 558 g/mol. The van der Waals surface area contributed by atoms with Crippen LogP contribution >= 0.6 is 0 Å². The molecule has 42 heavy (non-hydrogen) atoms. The van der Waals surface area contributed by atoms with Gasteiger partial charge in [-0.3, -0.25) is 9.69 Å². The number of ether oxygens (including phenoxy) is 1. The molecule has 0 aliphatic carbocycles. The Bertz CT molecular complexity index is 1510. The Hall–Kier alpha value is -4.61. The topological polar surface area (TPSA) is 129 Å². The monoisotopic (exact) mass is 586 g/mol. The van der Waals surface area contributed by atoms with E-state index in [4.69, 9.17) is 10.3 Å². The van der Waals surface area contributed by atoms with E-state index in [2.05, 4.69) is 15.3 Å². The molecule has 3 N–H and O–H groups in total. The molecule has 1 heterocycles. The molecule has 9 nitrogen and oxygen atoms in total. The van der Waals surface area contributed by atoms with Crippen molar-refractivity contribution in [1.29, 1.82) is 5.53 Å². The van der Waals surface area contributed by atoms with Gasteiger partial charge in [0.25, 0.3) is 5.91 Å². The smallest absolute Gasteiger partial charge is 0.409 e. The molecule has 1 fully saturated rings. The van der Waals surface area contributed by atoms with E-state index in [1.54, 1.807) is 13.8 Å². The van der Waals surface area contributed by atoms with Crippen molar-refractivity contribution >= 4 is 17.7 Å². The second-order valence-corrected chi connectivity index (χ2v) is 10.3. The lowest BCUT2D eigenvalue weighted by Gasteiger charge is -2.31. The zero-order valence-electron chi connectivity index (χ0n) is 22.7. The van der Waals surface area contributed by atoms with Gasteiger partial charge >= 0.3 is 6.09 Å². The number of carboxylic acid groups (broad SMARTS) is 1. The average Bonchev–Trinajstić information content (AvgIpc) is 3.22. The lowest BCUT2D eigenvalue weighted by atomic mass is 9.84. The van der Waals surface area contributed by atoms with Crippen LogP contribution < -0.4 is 10.2 Å². The molecule has 1 saturated heterocycles.